The Kier molecular flexibility index (Phi) is 5.99. The Labute approximate surface area is 180 Å². The van der Waals surface area contributed by atoms with Crippen molar-refractivity contribution in [3.05, 3.63) is 94.5 Å². The molecule has 0 atom stereocenters. The Hall–Kier alpha value is -3.66. The number of hydrogen-bond acceptors (Lipinski definition) is 6. The van der Waals surface area contributed by atoms with Crippen molar-refractivity contribution in [2.24, 2.45) is 0 Å². The van der Waals surface area contributed by atoms with Crippen LogP contribution < -0.4 is 15.6 Å². The second kappa shape index (κ2) is 9.00. The molecule has 0 aliphatic rings. The molecule has 0 radical (unpaired) electrons. The first-order valence-electron chi connectivity index (χ1n) is 9.16. The van der Waals surface area contributed by atoms with E-state index in [4.69, 9.17) is 4.74 Å². The summed E-state index contributed by atoms with van der Waals surface area (Å²) in [6.45, 7) is 0. The molecule has 0 spiro atoms. The standard InChI is InChI=1S/C21H17F2N5O2S/c1-30-16-6-4-5-14(11-16)13-31-21-26-25-19(20(29)28(21)27-9-2-3-10-27)24-18-8-7-15(22)12-17(18)23/h2-12H,13H2,1H3,(H,24,25). The minimum Gasteiger partial charge on any atom is -0.497 e. The molecule has 1 N–H and O–H groups in total. The maximum atomic E-state index is 14.0. The van der Waals surface area contributed by atoms with Crippen molar-refractivity contribution in [2.75, 3.05) is 12.4 Å². The minimum atomic E-state index is -0.842. The quantitative estimate of drug-likeness (QED) is 0.436. The third-order valence-corrected chi connectivity index (χ3v) is 5.31. The lowest BCUT2D eigenvalue weighted by atomic mass is 10.2. The summed E-state index contributed by atoms with van der Waals surface area (Å²) in [4.78, 5) is 13.1. The van der Waals surface area contributed by atoms with E-state index in [0.29, 0.717) is 10.9 Å². The van der Waals surface area contributed by atoms with Gasteiger partial charge in [-0.2, -0.15) is 4.68 Å². The number of anilines is 2. The Balaban J connectivity index is 1.67. The molecule has 31 heavy (non-hydrogen) atoms. The molecule has 0 saturated heterocycles. The molecular formula is C21H17F2N5O2S. The average molecular weight is 441 g/mol. The van der Waals surface area contributed by atoms with Crippen LogP contribution in [0.25, 0.3) is 0 Å². The topological polar surface area (TPSA) is 74.0 Å². The molecule has 10 heteroatoms. The predicted molar refractivity (Wildman–Crippen MR) is 114 cm³/mol. The van der Waals surface area contributed by atoms with Gasteiger partial charge in [-0.1, -0.05) is 23.9 Å². The van der Waals surface area contributed by atoms with Gasteiger partial charge in [0, 0.05) is 24.2 Å². The molecule has 4 rings (SSSR count). The maximum absolute atomic E-state index is 14.0. The number of ether oxygens (including phenoxy) is 1. The van der Waals surface area contributed by atoms with Gasteiger partial charge in [0.2, 0.25) is 11.0 Å². The molecule has 0 aliphatic heterocycles. The summed E-state index contributed by atoms with van der Waals surface area (Å²) in [5.41, 5.74) is 0.361. The lowest BCUT2D eigenvalue weighted by molar-refractivity contribution is 0.414. The van der Waals surface area contributed by atoms with Crippen LogP contribution in [0.15, 0.2) is 76.9 Å². The first-order valence-corrected chi connectivity index (χ1v) is 10.1. The fourth-order valence-electron chi connectivity index (χ4n) is 2.82. The maximum Gasteiger partial charge on any atom is 0.316 e. The van der Waals surface area contributed by atoms with E-state index < -0.39 is 17.2 Å². The zero-order valence-electron chi connectivity index (χ0n) is 16.3. The van der Waals surface area contributed by atoms with E-state index in [9.17, 15) is 13.6 Å². The lowest BCUT2D eigenvalue weighted by Gasteiger charge is -2.14. The van der Waals surface area contributed by atoms with Crippen molar-refractivity contribution in [1.82, 2.24) is 19.5 Å². The number of halogens is 2. The number of aromatic nitrogens is 4. The fourth-order valence-corrected chi connectivity index (χ4v) is 3.70. The summed E-state index contributed by atoms with van der Waals surface area (Å²) in [5.74, 6) is -0.502. The molecule has 0 amide bonds. The van der Waals surface area contributed by atoms with Gasteiger partial charge in [-0.05, 0) is 42.0 Å². The van der Waals surface area contributed by atoms with Gasteiger partial charge in [0.05, 0.1) is 12.8 Å². The molecule has 2 aromatic carbocycles. The third kappa shape index (κ3) is 4.58. The van der Waals surface area contributed by atoms with Crippen molar-refractivity contribution in [3.8, 4) is 5.75 Å². The second-order valence-corrected chi connectivity index (χ2v) is 7.34. The van der Waals surface area contributed by atoms with Crippen LogP contribution in [0, 0.1) is 11.6 Å². The first kappa shape index (κ1) is 20.6. The zero-order valence-corrected chi connectivity index (χ0v) is 17.1. The average Bonchev–Trinajstić information content (AvgIpc) is 3.30. The third-order valence-electron chi connectivity index (χ3n) is 4.32. The number of nitrogens with one attached hydrogen (secondary N) is 1. The largest absolute Gasteiger partial charge is 0.497 e. The molecule has 2 aromatic heterocycles. The number of rotatable bonds is 7. The molecule has 158 valence electrons. The number of hydrogen-bond donors (Lipinski definition) is 1. The lowest BCUT2D eigenvalue weighted by Crippen LogP contribution is -2.30. The van der Waals surface area contributed by atoms with Crippen LogP contribution in [0.2, 0.25) is 0 Å². The Morgan fingerprint density at radius 1 is 1.06 bits per heavy atom. The highest BCUT2D eigenvalue weighted by atomic mass is 32.2. The van der Waals surface area contributed by atoms with Crippen molar-refractivity contribution in [1.29, 1.82) is 0 Å². The van der Waals surface area contributed by atoms with Gasteiger partial charge in [-0.15, -0.1) is 10.2 Å². The normalized spacial score (nSPS) is 10.8. The van der Waals surface area contributed by atoms with E-state index in [1.54, 1.807) is 36.3 Å². The summed E-state index contributed by atoms with van der Waals surface area (Å²) < 4.78 is 35.3. The van der Waals surface area contributed by atoms with Crippen LogP contribution in [0.5, 0.6) is 5.75 Å². The van der Waals surface area contributed by atoms with Crippen LogP contribution in [0.4, 0.5) is 20.3 Å². The van der Waals surface area contributed by atoms with Crippen LogP contribution in [-0.4, -0.2) is 26.7 Å². The summed E-state index contributed by atoms with van der Waals surface area (Å²) >= 11 is 1.31. The van der Waals surface area contributed by atoms with E-state index in [2.05, 4.69) is 15.5 Å². The molecule has 0 fully saturated rings. The smallest absolute Gasteiger partial charge is 0.316 e. The molecule has 2 heterocycles. The number of benzene rings is 2. The van der Waals surface area contributed by atoms with E-state index in [1.165, 1.54) is 22.5 Å². The molecule has 4 aromatic rings. The molecule has 0 unspecified atom stereocenters. The SMILES string of the molecule is COc1cccc(CSc2nnc(Nc3ccc(F)cc3F)c(=O)n2-n2cccc2)c1. The van der Waals surface area contributed by atoms with Crippen molar-refractivity contribution in [2.45, 2.75) is 10.9 Å². The van der Waals surface area contributed by atoms with E-state index in [-0.39, 0.29) is 11.5 Å². The highest BCUT2D eigenvalue weighted by molar-refractivity contribution is 7.98. The van der Waals surface area contributed by atoms with Crippen molar-refractivity contribution < 1.29 is 13.5 Å². The van der Waals surface area contributed by atoms with Crippen LogP contribution in [0.1, 0.15) is 5.56 Å². The van der Waals surface area contributed by atoms with Gasteiger partial charge in [0.25, 0.3) is 0 Å². The zero-order chi connectivity index (χ0) is 21.8. The minimum absolute atomic E-state index is 0.0800. The van der Waals surface area contributed by atoms with Gasteiger partial charge in [-0.3, -0.25) is 9.47 Å². The van der Waals surface area contributed by atoms with Crippen LogP contribution >= 0.6 is 11.8 Å². The highest BCUT2D eigenvalue weighted by Gasteiger charge is 2.16. The predicted octanol–water partition coefficient (Wildman–Crippen LogP) is 4.07. The summed E-state index contributed by atoms with van der Waals surface area (Å²) in [7, 11) is 1.59. The van der Waals surface area contributed by atoms with Gasteiger partial charge in [0.1, 0.15) is 17.4 Å². The van der Waals surface area contributed by atoms with Crippen LogP contribution in [0.3, 0.4) is 0 Å². The van der Waals surface area contributed by atoms with Gasteiger partial charge < -0.3 is 10.1 Å². The molecule has 7 nitrogen and oxygen atoms in total. The molecular weight excluding hydrogens is 424 g/mol. The number of thioether (sulfide) groups is 1. The van der Waals surface area contributed by atoms with Gasteiger partial charge >= 0.3 is 5.56 Å². The van der Waals surface area contributed by atoms with Crippen molar-refractivity contribution >= 4 is 23.3 Å². The highest BCUT2D eigenvalue weighted by Crippen LogP contribution is 2.23. The van der Waals surface area contributed by atoms with Crippen molar-refractivity contribution in [3.63, 3.8) is 0 Å². The van der Waals surface area contributed by atoms with E-state index in [0.717, 1.165) is 23.4 Å². The summed E-state index contributed by atoms with van der Waals surface area (Å²) in [5, 5.41) is 11.0. The molecule has 0 bridgehead atoms. The number of methoxy groups -OCH3 is 1. The van der Waals surface area contributed by atoms with E-state index >= 15 is 0 Å². The van der Waals surface area contributed by atoms with Crippen LogP contribution in [-0.2, 0) is 5.75 Å². The number of nitrogens with zero attached hydrogens (tertiary/aromatic N) is 4. The monoisotopic (exact) mass is 441 g/mol. The van der Waals surface area contributed by atoms with Gasteiger partial charge in [0.15, 0.2) is 0 Å². The molecule has 0 saturated carbocycles. The Morgan fingerprint density at radius 3 is 2.61 bits per heavy atom. The van der Waals surface area contributed by atoms with E-state index in [1.807, 2.05) is 24.3 Å². The summed E-state index contributed by atoms with van der Waals surface area (Å²) in [6.07, 6.45) is 3.36. The first-order chi connectivity index (χ1) is 15.0. The Morgan fingerprint density at radius 2 is 1.87 bits per heavy atom. The van der Waals surface area contributed by atoms with Gasteiger partial charge in [-0.25, -0.2) is 8.78 Å². The molecule has 0 aliphatic carbocycles. The second-order valence-electron chi connectivity index (χ2n) is 6.40. The fraction of sp³-hybridized carbons (Fsp3) is 0.0952. The summed E-state index contributed by atoms with van der Waals surface area (Å²) in [6, 6.07) is 14.1. The Bertz CT molecular complexity index is 1260.